The third-order valence-electron chi connectivity index (χ3n) is 4.30. The summed E-state index contributed by atoms with van der Waals surface area (Å²) in [5.74, 6) is -0.178. The van der Waals surface area contributed by atoms with Gasteiger partial charge in [-0.05, 0) is 40.6 Å². The van der Waals surface area contributed by atoms with Crippen LogP contribution >= 0.6 is 11.6 Å². The molecule has 0 bridgehead atoms. The molecule has 0 aliphatic heterocycles. The van der Waals surface area contributed by atoms with E-state index in [9.17, 15) is 4.79 Å². The van der Waals surface area contributed by atoms with Gasteiger partial charge in [-0.1, -0.05) is 48.0 Å². The van der Waals surface area contributed by atoms with Crippen LogP contribution in [0, 0.1) is 6.42 Å². The van der Waals surface area contributed by atoms with E-state index in [1.807, 2.05) is 78.5 Å². The Morgan fingerprint density at radius 2 is 1.84 bits per heavy atom. The van der Waals surface area contributed by atoms with Crippen LogP contribution in [0.3, 0.4) is 0 Å². The van der Waals surface area contributed by atoms with Crippen molar-refractivity contribution in [3.8, 4) is 0 Å². The SMILES string of the molecule is Cn1cc([CH]C(=O)Nc2ccc3ccccc3c2)c2c(Cl)cccc21. The molecule has 0 saturated carbocycles. The second-order valence-electron chi connectivity index (χ2n) is 6.02. The first-order valence-corrected chi connectivity index (χ1v) is 8.38. The van der Waals surface area contributed by atoms with E-state index in [4.69, 9.17) is 11.6 Å². The van der Waals surface area contributed by atoms with Crippen LogP contribution in [0.2, 0.25) is 5.02 Å². The quantitative estimate of drug-likeness (QED) is 0.544. The van der Waals surface area contributed by atoms with Crippen LogP contribution in [0.4, 0.5) is 5.69 Å². The Balaban J connectivity index is 1.60. The molecule has 0 fully saturated rings. The van der Waals surface area contributed by atoms with Gasteiger partial charge in [-0.2, -0.15) is 0 Å². The number of hydrogen-bond donors (Lipinski definition) is 1. The van der Waals surface area contributed by atoms with Gasteiger partial charge in [0.25, 0.3) is 0 Å². The topological polar surface area (TPSA) is 34.0 Å². The van der Waals surface area contributed by atoms with Gasteiger partial charge in [0.15, 0.2) is 0 Å². The minimum Gasteiger partial charge on any atom is -0.350 e. The monoisotopic (exact) mass is 347 g/mol. The third-order valence-corrected chi connectivity index (χ3v) is 4.61. The van der Waals surface area contributed by atoms with E-state index >= 15 is 0 Å². The molecule has 1 amide bonds. The van der Waals surface area contributed by atoms with E-state index in [1.54, 1.807) is 6.42 Å². The highest BCUT2D eigenvalue weighted by Gasteiger charge is 2.14. The second-order valence-corrected chi connectivity index (χ2v) is 6.43. The molecule has 4 heteroatoms. The summed E-state index contributed by atoms with van der Waals surface area (Å²) in [5.41, 5.74) is 2.57. The number of nitrogens with zero attached hydrogens (tertiary/aromatic N) is 1. The van der Waals surface area contributed by atoms with Gasteiger partial charge in [0.2, 0.25) is 5.91 Å². The number of benzene rings is 3. The summed E-state index contributed by atoms with van der Waals surface area (Å²) in [6.45, 7) is 0. The fourth-order valence-electron chi connectivity index (χ4n) is 3.13. The molecule has 0 saturated heterocycles. The molecule has 123 valence electrons. The van der Waals surface area contributed by atoms with E-state index < -0.39 is 0 Å². The van der Waals surface area contributed by atoms with Crippen molar-refractivity contribution < 1.29 is 4.79 Å². The minimum atomic E-state index is -0.178. The maximum Gasteiger partial charge on any atom is 0.233 e. The van der Waals surface area contributed by atoms with Gasteiger partial charge in [-0.3, -0.25) is 4.79 Å². The van der Waals surface area contributed by atoms with Crippen molar-refractivity contribution in [3.63, 3.8) is 0 Å². The Bertz CT molecular complexity index is 1100. The molecule has 0 spiro atoms. The summed E-state index contributed by atoms with van der Waals surface area (Å²) in [4.78, 5) is 12.5. The molecule has 0 unspecified atom stereocenters. The second kappa shape index (κ2) is 6.26. The zero-order valence-corrected chi connectivity index (χ0v) is 14.4. The molecule has 0 aliphatic rings. The fraction of sp³-hybridized carbons (Fsp3) is 0.0476. The Morgan fingerprint density at radius 3 is 2.68 bits per heavy atom. The molecule has 4 aromatic rings. The average molecular weight is 348 g/mol. The van der Waals surface area contributed by atoms with Crippen LogP contribution in [0.25, 0.3) is 21.7 Å². The van der Waals surface area contributed by atoms with Gasteiger partial charge in [0.05, 0.1) is 11.4 Å². The Hall–Kier alpha value is -2.78. The standard InChI is InChI=1S/C21H16ClN2O/c1-24-13-16(21-18(22)7-4-8-19(21)24)12-20(25)23-17-10-9-14-5-2-3-6-15(14)11-17/h2-13H,1H3,(H,23,25). The summed E-state index contributed by atoms with van der Waals surface area (Å²) >= 11 is 6.32. The van der Waals surface area contributed by atoms with Gasteiger partial charge in [0, 0.05) is 29.8 Å². The number of amides is 1. The Morgan fingerprint density at radius 1 is 1.04 bits per heavy atom. The van der Waals surface area contributed by atoms with Crippen molar-refractivity contribution in [1.29, 1.82) is 0 Å². The van der Waals surface area contributed by atoms with Crippen molar-refractivity contribution in [2.24, 2.45) is 7.05 Å². The van der Waals surface area contributed by atoms with Gasteiger partial charge in [0.1, 0.15) is 0 Å². The van der Waals surface area contributed by atoms with E-state index in [1.165, 1.54) is 0 Å². The highest BCUT2D eigenvalue weighted by Crippen LogP contribution is 2.29. The predicted molar refractivity (Wildman–Crippen MR) is 104 cm³/mol. The number of carbonyl (C=O) groups is 1. The smallest absolute Gasteiger partial charge is 0.233 e. The van der Waals surface area contributed by atoms with Gasteiger partial charge in [-0.15, -0.1) is 0 Å². The van der Waals surface area contributed by atoms with Crippen molar-refractivity contribution >= 4 is 44.9 Å². The predicted octanol–water partition coefficient (Wildman–Crippen LogP) is 5.18. The molecule has 3 nitrogen and oxygen atoms in total. The highest BCUT2D eigenvalue weighted by atomic mass is 35.5. The number of rotatable bonds is 3. The van der Waals surface area contributed by atoms with Crippen molar-refractivity contribution in [2.45, 2.75) is 0 Å². The van der Waals surface area contributed by atoms with Crippen LogP contribution in [0.5, 0.6) is 0 Å². The van der Waals surface area contributed by atoms with E-state index in [0.717, 1.165) is 32.9 Å². The number of carbonyl (C=O) groups excluding carboxylic acids is 1. The summed E-state index contributed by atoms with van der Waals surface area (Å²) in [7, 11) is 1.94. The maximum atomic E-state index is 12.5. The first kappa shape index (κ1) is 15.7. The van der Waals surface area contributed by atoms with Crippen LogP contribution in [0.15, 0.2) is 66.9 Å². The van der Waals surface area contributed by atoms with Gasteiger partial charge < -0.3 is 9.88 Å². The fourth-order valence-corrected chi connectivity index (χ4v) is 3.41. The zero-order valence-electron chi connectivity index (χ0n) is 13.7. The lowest BCUT2D eigenvalue weighted by Crippen LogP contribution is -2.12. The number of aromatic nitrogens is 1. The summed E-state index contributed by atoms with van der Waals surface area (Å²) in [6, 6.07) is 19.7. The third kappa shape index (κ3) is 2.99. The summed E-state index contributed by atoms with van der Waals surface area (Å²) < 4.78 is 1.97. The zero-order chi connectivity index (χ0) is 17.4. The number of nitrogens with one attached hydrogen (secondary N) is 1. The number of hydrogen-bond acceptors (Lipinski definition) is 1. The molecule has 3 aromatic carbocycles. The molecule has 1 aromatic heterocycles. The van der Waals surface area contributed by atoms with Crippen LogP contribution in [-0.2, 0) is 11.8 Å². The first-order valence-electron chi connectivity index (χ1n) is 8.00. The van der Waals surface area contributed by atoms with Crippen LogP contribution in [0.1, 0.15) is 5.56 Å². The minimum absolute atomic E-state index is 0.178. The average Bonchev–Trinajstić information content (AvgIpc) is 2.92. The number of aryl methyl sites for hydroxylation is 1. The van der Waals surface area contributed by atoms with Gasteiger partial charge in [-0.25, -0.2) is 0 Å². The maximum absolute atomic E-state index is 12.5. The molecular formula is C21H16ClN2O. The van der Waals surface area contributed by atoms with E-state index in [-0.39, 0.29) is 5.91 Å². The van der Waals surface area contributed by atoms with Crippen molar-refractivity contribution in [2.75, 3.05) is 5.32 Å². The normalized spacial score (nSPS) is 11.1. The van der Waals surface area contributed by atoms with Crippen LogP contribution < -0.4 is 5.32 Å². The van der Waals surface area contributed by atoms with E-state index in [0.29, 0.717) is 5.02 Å². The molecule has 0 atom stereocenters. The number of anilines is 1. The first-order chi connectivity index (χ1) is 12.1. The number of halogens is 1. The lowest BCUT2D eigenvalue weighted by atomic mass is 10.1. The van der Waals surface area contributed by atoms with Crippen LogP contribution in [-0.4, -0.2) is 10.5 Å². The lowest BCUT2D eigenvalue weighted by Gasteiger charge is -2.06. The molecule has 0 aliphatic carbocycles. The largest absolute Gasteiger partial charge is 0.350 e. The molecule has 1 N–H and O–H groups in total. The summed E-state index contributed by atoms with van der Waals surface area (Å²) in [5, 5.41) is 6.69. The molecule has 25 heavy (non-hydrogen) atoms. The Labute approximate surface area is 150 Å². The molecule has 4 rings (SSSR count). The molecular weight excluding hydrogens is 332 g/mol. The highest BCUT2D eigenvalue weighted by molar-refractivity contribution is 6.36. The lowest BCUT2D eigenvalue weighted by molar-refractivity contribution is -0.112. The van der Waals surface area contributed by atoms with Crippen molar-refractivity contribution in [3.05, 3.63) is 83.9 Å². The van der Waals surface area contributed by atoms with E-state index in [2.05, 4.69) is 5.32 Å². The van der Waals surface area contributed by atoms with Gasteiger partial charge >= 0.3 is 0 Å². The number of fused-ring (bicyclic) bond motifs is 2. The Kier molecular flexibility index (Phi) is 3.94. The molecule has 1 heterocycles. The van der Waals surface area contributed by atoms with Crippen molar-refractivity contribution in [1.82, 2.24) is 4.57 Å². The molecule has 1 radical (unpaired) electrons. The summed E-state index contributed by atoms with van der Waals surface area (Å²) in [6.07, 6.45) is 3.50.